The van der Waals surface area contributed by atoms with Crippen LogP contribution in [0.25, 0.3) is 0 Å². The molecule has 0 radical (unpaired) electrons. The number of aliphatic carboxylic acids is 1. The van der Waals surface area contributed by atoms with Crippen molar-refractivity contribution >= 4 is 17.6 Å². The Morgan fingerprint density at radius 1 is 1.60 bits per heavy atom. The normalized spacial score (nSPS) is 12.5. The molecule has 2 nitrogen and oxygen atoms in total. The maximum Gasteiger partial charge on any atom is 0.303 e. The van der Waals surface area contributed by atoms with Crippen LogP contribution in [0.2, 0.25) is 5.02 Å². The maximum absolute atomic E-state index is 13.1. The zero-order valence-corrected chi connectivity index (χ0v) is 9.31. The van der Waals surface area contributed by atoms with E-state index in [9.17, 15) is 9.18 Å². The Labute approximate surface area is 92.7 Å². The van der Waals surface area contributed by atoms with Crippen molar-refractivity contribution in [2.75, 3.05) is 0 Å². The van der Waals surface area contributed by atoms with Crippen LogP contribution in [0.15, 0.2) is 12.1 Å². The fourth-order valence-corrected chi connectivity index (χ4v) is 1.76. The quantitative estimate of drug-likeness (QED) is 0.865. The van der Waals surface area contributed by atoms with E-state index in [0.717, 1.165) is 5.56 Å². The van der Waals surface area contributed by atoms with Gasteiger partial charge in [-0.2, -0.15) is 0 Å². The van der Waals surface area contributed by atoms with E-state index < -0.39 is 11.8 Å². The molecule has 15 heavy (non-hydrogen) atoms. The van der Waals surface area contributed by atoms with E-state index in [2.05, 4.69) is 0 Å². The van der Waals surface area contributed by atoms with Crippen molar-refractivity contribution in [3.63, 3.8) is 0 Å². The molecule has 1 aromatic rings. The van der Waals surface area contributed by atoms with E-state index in [1.807, 2.05) is 0 Å². The molecule has 1 N–H and O–H groups in total. The SMILES string of the molecule is Cc1c(Cl)cc(F)cc1C(C)CC(=O)O. The Morgan fingerprint density at radius 2 is 2.20 bits per heavy atom. The Kier molecular flexibility index (Phi) is 3.69. The molecule has 0 aromatic heterocycles. The molecule has 1 unspecified atom stereocenters. The second-order valence-corrected chi connectivity index (χ2v) is 4.01. The third-order valence-electron chi connectivity index (χ3n) is 2.36. The molecule has 1 aromatic carbocycles. The minimum atomic E-state index is -0.901. The molecule has 0 aliphatic heterocycles. The highest BCUT2D eigenvalue weighted by Gasteiger charge is 2.15. The molecule has 82 valence electrons. The van der Waals surface area contributed by atoms with Crippen LogP contribution in [0.5, 0.6) is 0 Å². The van der Waals surface area contributed by atoms with Crippen molar-refractivity contribution in [1.29, 1.82) is 0 Å². The molecule has 0 bridgehead atoms. The molecule has 0 aliphatic carbocycles. The first-order valence-electron chi connectivity index (χ1n) is 4.59. The molecule has 0 heterocycles. The summed E-state index contributed by atoms with van der Waals surface area (Å²) in [5, 5.41) is 8.98. The summed E-state index contributed by atoms with van der Waals surface area (Å²) in [5.74, 6) is -1.57. The minimum Gasteiger partial charge on any atom is -0.481 e. The number of carbonyl (C=O) groups is 1. The summed E-state index contributed by atoms with van der Waals surface area (Å²) in [7, 11) is 0. The van der Waals surface area contributed by atoms with Gasteiger partial charge in [-0.05, 0) is 36.1 Å². The number of halogens is 2. The van der Waals surface area contributed by atoms with Gasteiger partial charge in [0.1, 0.15) is 5.82 Å². The lowest BCUT2D eigenvalue weighted by molar-refractivity contribution is -0.137. The molecule has 0 saturated carbocycles. The van der Waals surface area contributed by atoms with Crippen molar-refractivity contribution in [1.82, 2.24) is 0 Å². The lowest BCUT2D eigenvalue weighted by Crippen LogP contribution is -2.05. The second-order valence-electron chi connectivity index (χ2n) is 3.60. The number of hydrogen-bond acceptors (Lipinski definition) is 1. The molecule has 4 heteroatoms. The van der Waals surface area contributed by atoms with Gasteiger partial charge in [0.05, 0.1) is 6.42 Å². The van der Waals surface area contributed by atoms with Crippen LogP contribution < -0.4 is 0 Å². The van der Waals surface area contributed by atoms with Crippen LogP contribution in [0.3, 0.4) is 0 Å². The summed E-state index contributed by atoms with van der Waals surface area (Å²) in [6, 6.07) is 2.57. The topological polar surface area (TPSA) is 37.3 Å². The van der Waals surface area contributed by atoms with E-state index in [-0.39, 0.29) is 12.3 Å². The zero-order valence-electron chi connectivity index (χ0n) is 8.55. The Morgan fingerprint density at radius 3 is 2.73 bits per heavy atom. The minimum absolute atomic E-state index is 0.0272. The highest BCUT2D eigenvalue weighted by Crippen LogP contribution is 2.28. The van der Waals surface area contributed by atoms with Crippen LogP contribution in [0, 0.1) is 12.7 Å². The predicted molar refractivity (Wildman–Crippen MR) is 56.8 cm³/mol. The van der Waals surface area contributed by atoms with E-state index in [4.69, 9.17) is 16.7 Å². The van der Waals surface area contributed by atoms with Crippen molar-refractivity contribution in [3.8, 4) is 0 Å². The lowest BCUT2D eigenvalue weighted by Gasteiger charge is -2.13. The number of carboxylic acid groups (broad SMARTS) is 1. The van der Waals surface area contributed by atoms with E-state index in [1.54, 1.807) is 13.8 Å². The van der Waals surface area contributed by atoms with Gasteiger partial charge in [-0.1, -0.05) is 18.5 Å². The Bertz CT molecular complexity index is 390. The summed E-state index contributed by atoms with van der Waals surface area (Å²) in [6.07, 6.45) is -0.0272. The van der Waals surface area contributed by atoms with Gasteiger partial charge >= 0.3 is 5.97 Å². The second kappa shape index (κ2) is 4.62. The standard InChI is InChI=1S/C11H12ClFO2/c1-6(3-11(14)15)9-4-8(13)5-10(12)7(9)2/h4-6H,3H2,1-2H3,(H,14,15). The van der Waals surface area contributed by atoms with Crippen LogP contribution in [-0.4, -0.2) is 11.1 Å². The third kappa shape index (κ3) is 2.93. The molecule has 0 saturated heterocycles. The smallest absolute Gasteiger partial charge is 0.303 e. The first-order valence-corrected chi connectivity index (χ1v) is 4.97. The first-order chi connectivity index (χ1) is 6.91. The number of hydrogen-bond donors (Lipinski definition) is 1. The van der Waals surface area contributed by atoms with Gasteiger partial charge in [-0.3, -0.25) is 4.79 Å². The molecule has 0 fully saturated rings. The predicted octanol–water partition coefficient (Wildman–Crippen LogP) is 3.37. The molecule has 0 aliphatic rings. The van der Waals surface area contributed by atoms with Crippen molar-refractivity contribution in [2.24, 2.45) is 0 Å². The van der Waals surface area contributed by atoms with Gasteiger partial charge in [0.15, 0.2) is 0 Å². The molecule has 1 rings (SSSR count). The van der Waals surface area contributed by atoms with E-state index in [0.29, 0.717) is 10.6 Å². The lowest BCUT2D eigenvalue weighted by atomic mass is 9.93. The monoisotopic (exact) mass is 230 g/mol. The fraction of sp³-hybridized carbons (Fsp3) is 0.364. The largest absolute Gasteiger partial charge is 0.481 e. The summed E-state index contributed by atoms with van der Waals surface area (Å²) in [5.41, 5.74) is 1.40. The van der Waals surface area contributed by atoms with Crippen LogP contribution in [0.4, 0.5) is 4.39 Å². The number of benzene rings is 1. The number of carboxylic acids is 1. The van der Waals surface area contributed by atoms with Gasteiger partial charge in [-0.15, -0.1) is 0 Å². The zero-order chi connectivity index (χ0) is 11.6. The van der Waals surface area contributed by atoms with Crippen LogP contribution >= 0.6 is 11.6 Å². The van der Waals surface area contributed by atoms with Crippen molar-refractivity contribution in [2.45, 2.75) is 26.2 Å². The maximum atomic E-state index is 13.1. The third-order valence-corrected chi connectivity index (χ3v) is 2.75. The van der Waals surface area contributed by atoms with Gasteiger partial charge < -0.3 is 5.11 Å². The van der Waals surface area contributed by atoms with Crippen molar-refractivity contribution in [3.05, 3.63) is 34.1 Å². The molecule has 1 atom stereocenters. The summed E-state index contributed by atoms with van der Waals surface area (Å²) in [4.78, 5) is 10.5. The Hall–Kier alpha value is -1.09. The highest BCUT2D eigenvalue weighted by atomic mass is 35.5. The summed E-state index contributed by atoms with van der Waals surface area (Å²) < 4.78 is 13.1. The molecular weight excluding hydrogens is 219 g/mol. The van der Waals surface area contributed by atoms with E-state index in [1.165, 1.54) is 12.1 Å². The van der Waals surface area contributed by atoms with E-state index >= 15 is 0 Å². The number of rotatable bonds is 3. The average Bonchev–Trinajstić information content (AvgIpc) is 2.09. The molecule has 0 spiro atoms. The summed E-state index contributed by atoms with van der Waals surface area (Å²) in [6.45, 7) is 3.50. The average molecular weight is 231 g/mol. The van der Waals surface area contributed by atoms with Crippen LogP contribution in [-0.2, 0) is 4.79 Å². The Balaban J connectivity index is 3.07. The summed E-state index contributed by atoms with van der Waals surface area (Å²) >= 11 is 5.81. The van der Waals surface area contributed by atoms with Gasteiger partial charge in [-0.25, -0.2) is 4.39 Å². The van der Waals surface area contributed by atoms with Crippen LogP contribution in [0.1, 0.15) is 30.4 Å². The van der Waals surface area contributed by atoms with Gasteiger partial charge in [0, 0.05) is 5.02 Å². The van der Waals surface area contributed by atoms with Crippen molar-refractivity contribution < 1.29 is 14.3 Å². The fourth-order valence-electron chi connectivity index (χ4n) is 1.55. The molecule has 0 amide bonds. The highest BCUT2D eigenvalue weighted by molar-refractivity contribution is 6.31. The molecular formula is C11H12ClFO2. The van der Waals surface area contributed by atoms with Gasteiger partial charge in [0.25, 0.3) is 0 Å². The first kappa shape index (κ1) is 12.0. The van der Waals surface area contributed by atoms with Gasteiger partial charge in [0.2, 0.25) is 0 Å².